The quantitative estimate of drug-likeness (QED) is 0.857. The molecule has 0 saturated heterocycles. The summed E-state index contributed by atoms with van der Waals surface area (Å²) in [7, 11) is 0. The summed E-state index contributed by atoms with van der Waals surface area (Å²) in [6.45, 7) is 1.77. The van der Waals surface area contributed by atoms with Crippen LogP contribution in [0.2, 0.25) is 0 Å². The summed E-state index contributed by atoms with van der Waals surface area (Å²) in [5.74, 6) is 0.152. The Labute approximate surface area is 107 Å². The number of hydrogen-bond donors (Lipinski definition) is 1. The Morgan fingerprint density at radius 2 is 1.68 bits per heavy atom. The van der Waals surface area contributed by atoms with Crippen LogP contribution in [0.4, 0.5) is 14.7 Å². The molecule has 0 amide bonds. The van der Waals surface area contributed by atoms with Crippen LogP contribution in [-0.4, -0.2) is 16.3 Å². The van der Waals surface area contributed by atoms with E-state index in [0.717, 1.165) is 5.56 Å². The van der Waals surface area contributed by atoms with Gasteiger partial charge in [0, 0.05) is 18.0 Å². The normalized spacial score (nSPS) is 15.5. The van der Waals surface area contributed by atoms with Crippen molar-refractivity contribution < 1.29 is 18.3 Å². The zero-order valence-electron chi connectivity index (χ0n) is 9.85. The van der Waals surface area contributed by atoms with Gasteiger partial charge in [0.25, 0.3) is 0 Å². The summed E-state index contributed by atoms with van der Waals surface area (Å²) in [5, 5.41) is 0. The van der Waals surface area contributed by atoms with Gasteiger partial charge in [0.2, 0.25) is 5.95 Å². The van der Waals surface area contributed by atoms with Gasteiger partial charge in [0.15, 0.2) is 11.5 Å². The van der Waals surface area contributed by atoms with Gasteiger partial charge in [-0.3, -0.25) is 0 Å². The molecule has 1 aliphatic rings. The Kier molecular flexibility index (Phi) is 2.31. The molecular weight excluding hydrogens is 256 g/mol. The molecule has 1 aliphatic heterocycles. The van der Waals surface area contributed by atoms with Crippen LogP contribution < -0.4 is 15.2 Å². The first-order valence-corrected chi connectivity index (χ1v) is 5.43. The Balaban J connectivity index is 2.07. The maximum Gasteiger partial charge on any atom is 0.586 e. The molecule has 2 N–H and O–H groups in total. The maximum atomic E-state index is 13.0. The van der Waals surface area contributed by atoms with Crippen molar-refractivity contribution in [1.29, 1.82) is 0 Å². The molecular formula is C12H9F2N3O2. The van der Waals surface area contributed by atoms with E-state index in [1.807, 2.05) is 0 Å². The number of rotatable bonds is 1. The molecule has 7 heteroatoms. The smallest absolute Gasteiger partial charge is 0.395 e. The third kappa shape index (κ3) is 2.03. The average molecular weight is 265 g/mol. The fraction of sp³-hybridized carbons (Fsp3) is 0.167. The zero-order valence-corrected chi connectivity index (χ0v) is 9.85. The first-order valence-electron chi connectivity index (χ1n) is 5.43. The highest BCUT2D eigenvalue weighted by atomic mass is 19.3. The molecule has 2 heterocycles. The van der Waals surface area contributed by atoms with Gasteiger partial charge in [-0.15, -0.1) is 8.78 Å². The van der Waals surface area contributed by atoms with Gasteiger partial charge < -0.3 is 15.2 Å². The fourth-order valence-electron chi connectivity index (χ4n) is 1.89. The van der Waals surface area contributed by atoms with E-state index in [1.165, 1.54) is 24.5 Å². The Morgan fingerprint density at radius 1 is 1.11 bits per heavy atom. The number of aryl methyl sites for hydroxylation is 1. The summed E-state index contributed by atoms with van der Waals surface area (Å²) >= 11 is 0. The van der Waals surface area contributed by atoms with E-state index in [2.05, 4.69) is 19.4 Å². The number of aromatic nitrogens is 2. The fourth-order valence-corrected chi connectivity index (χ4v) is 1.89. The summed E-state index contributed by atoms with van der Waals surface area (Å²) in [6, 6.07) is 2.96. The monoisotopic (exact) mass is 265 g/mol. The van der Waals surface area contributed by atoms with Crippen molar-refractivity contribution in [2.24, 2.45) is 0 Å². The van der Waals surface area contributed by atoms with E-state index in [1.54, 1.807) is 6.92 Å². The predicted molar refractivity (Wildman–Crippen MR) is 62.8 cm³/mol. The van der Waals surface area contributed by atoms with E-state index in [0.29, 0.717) is 11.1 Å². The lowest BCUT2D eigenvalue weighted by molar-refractivity contribution is -0.286. The van der Waals surface area contributed by atoms with E-state index < -0.39 is 6.29 Å². The number of ether oxygens (including phenoxy) is 2. The molecule has 0 radical (unpaired) electrons. The first-order chi connectivity index (χ1) is 8.94. The number of alkyl halides is 2. The van der Waals surface area contributed by atoms with Gasteiger partial charge in [-0.2, -0.15) is 0 Å². The van der Waals surface area contributed by atoms with E-state index in [-0.39, 0.29) is 17.4 Å². The molecule has 5 nitrogen and oxygen atoms in total. The highest BCUT2D eigenvalue weighted by Gasteiger charge is 2.43. The zero-order chi connectivity index (χ0) is 13.6. The van der Waals surface area contributed by atoms with Gasteiger partial charge in [-0.05, 0) is 30.2 Å². The van der Waals surface area contributed by atoms with Crippen LogP contribution in [0.25, 0.3) is 11.1 Å². The molecule has 0 unspecified atom stereocenters. The second-order valence-corrected chi connectivity index (χ2v) is 4.11. The molecule has 98 valence electrons. The number of nitrogen functional groups attached to an aromatic ring is 1. The predicted octanol–water partition coefficient (Wildman–Crippen LogP) is 2.36. The van der Waals surface area contributed by atoms with Crippen LogP contribution in [0.5, 0.6) is 11.5 Å². The molecule has 0 aliphatic carbocycles. The summed E-state index contributed by atoms with van der Waals surface area (Å²) in [5.41, 5.74) is 7.49. The van der Waals surface area contributed by atoms with Gasteiger partial charge in [0.05, 0.1) is 0 Å². The minimum atomic E-state index is -3.62. The van der Waals surface area contributed by atoms with Gasteiger partial charge in [-0.25, -0.2) is 9.97 Å². The molecule has 0 fully saturated rings. The average Bonchev–Trinajstić information content (AvgIpc) is 2.62. The number of nitrogens with zero attached hydrogens (tertiary/aromatic N) is 2. The summed E-state index contributed by atoms with van der Waals surface area (Å²) in [6.07, 6.45) is -0.582. The molecule has 1 aromatic heterocycles. The van der Waals surface area contributed by atoms with Crippen molar-refractivity contribution in [1.82, 2.24) is 9.97 Å². The van der Waals surface area contributed by atoms with E-state index in [9.17, 15) is 8.78 Å². The number of nitrogens with two attached hydrogens (primary N) is 1. The van der Waals surface area contributed by atoms with Gasteiger partial charge in [-0.1, -0.05) is 0 Å². The summed E-state index contributed by atoms with van der Waals surface area (Å²) in [4.78, 5) is 7.73. The summed E-state index contributed by atoms with van der Waals surface area (Å²) < 4.78 is 34.7. The maximum absolute atomic E-state index is 13.0. The van der Waals surface area contributed by atoms with Crippen LogP contribution in [0.15, 0.2) is 24.5 Å². The highest BCUT2D eigenvalue weighted by molar-refractivity contribution is 5.70. The lowest BCUT2D eigenvalue weighted by Gasteiger charge is -2.06. The molecule has 0 atom stereocenters. The SMILES string of the molecule is Cc1cc2c(cc1-c1cnc(N)nc1)OC(F)(F)O2. The number of halogens is 2. The Hall–Kier alpha value is -2.44. The Morgan fingerprint density at radius 3 is 2.32 bits per heavy atom. The number of fused-ring (bicyclic) bond motifs is 1. The largest absolute Gasteiger partial charge is 0.586 e. The standard InChI is InChI=1S/C12H9F2N3O2/c1-6-2-9-10(19-12(13,14)18-9)3-8(6)7-4-16-11(15)17-5-7/h2-5H,1H3,(H2,15,16,17). The van der Waals surface area contributed by atoms with Crippen molar-refractivity contribution in [3.05, 3.63) is 30.1 Å². The minimum Gasteiger partial charge on any atom is -0.395 e. The molecule has 2 aromatic rings. The number of hydrogen-bond acceptors (Lipinski definition) is 5. The lowest BCUT2D eigenvalue weighted by Crippen LogP contribution is -2.25. The molecule has 0 spiro atoms. The first kappa shape index (κ1) is 11.6. The number of anilines is 1. The van der Waals surface area contributed by atoms with Crippen LogP contribution in [0.1, 0.15) is 5.56 Å². The Bertz CT molecular complexity index is 644. The van der Waals surface area contributed by atoms with Crippen LogP contribution in [0, 0.1) is 6.92 Å². The topological polar surface area (TPSA) is 70.3 Å². The number of benzene rings is 1. The van der Waals surface area contributed by atoms with Crippen molar-refractivity contribution in [2.75, 3.05) is 5.73 Å². The second-order valence-electron chi connectivity index (χ2n) is 4.11. The van der Waals surface area contributed by atoms with Crippen LogP contribution in [-0.2, 0) is 0 Å². The van der Waals surface area contributed by atoms with Crippen molar-refractivity contribution in [2.45, 2.75) is 13.2 Å². The van der Waals surface area contributed by atoms with E-state index in [4.69, 9.17) is 5.73 Å². The molecule has 1 aromatic carbocycles. The lowest BCUT2D eigenvalue weighted by atomic mass is 10.0. The molecule has 0 saturated carbocycles. The van der Waals surface area contributed by atoms with Gasteiger partial charge >= 0.3 is 6.29 Å². The minimum absolute atomic E-state index is 0.0116. The molecule has 3 rings (SSSR count). The van der Waals surface area contributed by atoms with Crippen molar-refractivity contribution in [3.8, 4) is 22.6 Å². The van der Waals surface area contributed by atoms with Crippen LogP contribution >= 0.6 is 0 Å². The van der Waals surface area contributed by atoms with Crippen LogP contribution in [0.3, 0.4) is 0 Å². The third-order valence-electron chi connectivity index (χ3n) is 2.73. The van der Waals surface area contributed by atoms with Crippen molar-refractivity contribution >= 4 is 5.95 Å². The van der Waals surface area contributed by atoms with Crippen molar-refractivity contribution in [3.63, 3.8) is 0 Å². The van der Waals surface area contributed by atoms with E-state index >= 15 is 0 Å². The van der Waals surface area contributed by atoms with Gasteiger partial charge in [0.1, 0.15) is 0 Å². The molecule has 0 bridgehead atoms. The highest BCUT2D eigenvalue weighted by Crippen LogP contribution is 2.44. The third-order valence-corrected chi connectivity index (χ3v) is 2.73. The molecule has 19 heavy (non-hydrogen) atoms. The second kappa shape index (κ2) is 3.78.